The van der Waals surface area contributed by atoms with E-state index in [0.29, 0.717) is 36.9 Å². The van der Waals surface area contributed by atoms with E-state index >= 15 is 0 Å². The molecule has 100 valence electrons. The standard InChI is InChI=1S/C12H15N5O2/c1-17-7-15-16-12(17)6-14-9-5-11-10(4-8(9)13)18-2-3-19-11/h4-5,7,14H,2-3,6,13H2,1H3. The Kier molecular flexibility index (Phi) is 2.86. The SMILES string of the molecule is Cn1cnnc1CNc1cc2c(cc1N)OCCO2. The first-order valence-corrected chi connectivity index (χ1v) is 6.00. The minimum Gasteiger partial charge on any atom is -0.486 e. The molecular weight excluding hydrogens is 246 g/mol. The zero-order chi connectivity index (χ0) is 13.2. The van der Waals surface area contributed by atoms with Crippen LogP contribution in [0.5, 0.6) is 11.5 Å². The minimum atomic E-state index is 0.542. The number of nitrogens with one attached hydrogen (secondary N) is 1. The van der Waals surface area contributed by atoms with Crippen molar-refractivity contribution in [2.24, 2.45) is 7.05 Å². The number of nitrogens with zero attached hydrogens (tertiary/aromatic N) is 3. The molecule has 0 radical (unpaired) electrons. The van der Waals surface area contributed by atoms with Crippen LogP contribution in [0.1, 0.15) is 5.82 Å². The van der Waals surface area contributed by atoms with Crippen molar-refractivity contribution < 1.29 is 9.47 Å². The quantitative estimate of drug-likeness (QED) is 0.794. The van der Waals surface area contributed by atoms with Gasteiger partial charge in [-0.05, 0) is 0 Å². The zero-order valence-corrected chi connectivity index (χ0v) is 10.6. The Bertz CT molecular complexity index is 596. The Morgan fingerprint density at radius 1 is 1.32 bits per heavy atom. The monoisotopic (exact) mass is 261 g/mol. The lowest BCUT2D eigenvalue weighted by Crippen LogP contribution is -2.16. The van der Waals surface area contributed by atoms with Crippen LogP contribution in [0, 0.1) is 0 Å². The molecule has 19 heavy (non-hydrogen) atoms. The molecule has 0 fully saturated rings. The van der Waals surface area contributed by atoms with E-state index in [1.54, 1.807) is 12.4 Å². The smallest absolute Gasteiger partial charge is 0.163 e. The number of aromatic nitrogens is 3. The lowest BCUT2D eigenvalue weighted by molar-refractivity contribution is 0.172. The van der Waals surface area contributed by atoms with E-state index in [1.165, 1.54) is 0 Å². The first-order valence-electron chi connectivity index (χ1n) is 6.00. The van der Waals surface area contributed by atoms with Gasteiger partial charge in [-0.2, -0.15) is 0 Å². The van der Waals surface area contributed by atoms with Gasteiger partial charge in [-0.1, -0.05) is 0 Å². The molecule has 7 heteroatoms. The Morgan fingerprint density at radius 3 is 2.74 bits per heavy atom. The normalized spacial score (nSPS) is 13.3. The molecule has 7 nitrogen and oxygen atoms in total. The van der Waals surface area contributed by atoms with Crippen molar-refractivity contribution >= 4 is 11.4 Å². The first-order chi connectivity index (χ1) is 9.24. The molecule has 0 saturated carbocycles. The van der Waals surface area contributed by atoms with Crippen molar-refractivity contribution in [1.82, 2.24) is 14.8 Å². The highest BCUT2D eigenvalue weighted by Gasteiger charge is 2.14. The third-order valence-corrected chi connectivity index (χ3v) is 2.96. The third kappa shape index (κ3) is 2.26. The predicted molar refractivity (Wildman–Crippen MR) is 70.2 cm³/mol. The van der Waals surface area contributed by atoms with Crippen LogP contribution >= 0.6 is 0 Å². The number of hydrogen-bond donors (Lipinski definition) is 2. The number of anilines is 2. The highest BCUT2D eigenvalue weighted by molar-refractivity contribution is 5.72. The average Bonchev–Trinajstić information content (AvgIpc) is 2.82. The van der Waals surface area contributed by atoms with Gasteiger partial charge in [0.2, 0.25) is 0 Å². The number of nitrogens with two attached hydrogens (primary N) is 1. The summed E-state index contributed by atoms with van der Waals surface area (Å²) < 4.78 is 12.8. The number of ether oxygens (including phenoxy) is 2. The number of aryl methyl sites for hydroxylation is 1. The largest absolute Gasteiger partial charge is 0.486 e. The van der Waals surface area contributed by atoms with E-state index in [9.17, 15) is 0 Å². The van der Waals surface area contributed by atoms with Crippen LogP contribution in [0.3, 0.4) is 0 Å². The molecule has 0 spiro atoms. The van der Waals surface area contributed by atoms with E-state index in [4.69, 9.17) is 15.2 Å². The van der Waals surface area contributed by atoms with Gasteiger partial charge in [0.05, 0.1) is 17.9 Å². The molecule has 1 aliphatic heterocycles. The van der Waals surface area contributed by atoms with E-state index in [-0.39, 0.29) is 0 Å². The second-order valence-corrected chi connectivity index (χ2v) is 4.29. The first kappa shape index (κ1) is 11.6. The average molecular weight is 261 g/mol. The van der Waals surface area contributed by atoms with Crippen molar-refractivity contribution in [2.45, 2.75) is 6.54 Å². The second-order valence-electron chi connectivity index (χ2n) is 4.29. The highest BCUT2D eigenvalue weighted by atomic mass is 16.6. The van der Waals surface area contributed by atoms with Crippen molar-refractivity contribution in [2.75, 3.05) is 24.3 Å². The summed E-state index contributed by atoms with van der Waals surface area (Å²) in [5, 5.41) is 11.0. The summed E-state index contributed by atoms with van der Waals surface area (Å²) in [6.45, 7) is 1.65. The number of hydrogen-bond acceptors (Lipinski definition) is 6. The Morgan fingerprint density at radius 2 is 2.05 bits per heavy atom. The van der Waals surface area contributed by atoms with Crippen molar-refractivity contribution in [1.29, 1.82) is 0 Å². The summed E-state index contributed by atoms with van der Waals surface area (Å²) in [7, 11) is 1.89. The molecule has 0 aliphatic carbocycles. The molecule has 1 aliphatic rings. The summed E-state index contributed by atoms with van der Waals surface area (Å²) >= 11 is 0. The fourth-order valence-corrected chi connectivity index (χ4v) is 1.90. The summed E-state index contributed by atoms with van der Waals surface area (Å²) in [4.78, 5) is 0. The van der Waals surface area contributed by atoms with E-state index in [1.807, 2.05) is 17.7 Å². The predicted octanol–water partition coefficient (Wildman–Crippen LogP) is 0.781. The third-order valence-electron chi connectivity index (χ3n) is 2.96. The highest BCUT2D eigenvalue weighted by Crippen LogP contribution is 2.36. The Labute approximate surface area is 110 Å². The van der Waals surface area contributed by atoms with Gasteiger partial charge in [0, 0.05) is 19.2 Å². The molecule has 3 N–H and O–H groups in total. The van der Waals surface area contributed by atoms with Crippen LogP contribution in [-0.4, -0.2) is 28.0 Å². The van der Waals surface area contributed by atoms with Crippen molar-refractivity contribution in [3.05, 3.63) is 24.3 Å². The van der Waals surface area contributed by atoms with Crippen LogP contribution in [-0.2, 0) is 13.6 Å². The van der Waals surface area contributed by atoms with Gasteiger partial charge in [-0.15, -0.1) is 10.2 Å². The molecule has 1 aromatic heterocycles. The Hall–Kier alpha value is -2.44. The molecule has 0 bridgehead atoms. The minimum absolute atomic E-state index is 0.542. The summed E-state index contributed by atoms with van der Waals surface area (Å²) in [6.07, 6.45) is 1.66. The van der Waals surface area contributed by atoms with Gasteiger partial charge < -0.3 is 25.1 Å². The number of nitrogen functional groups attached to an aromatic ring is 1. The molecule has 0 amide bonds. The Balaban J connectivity index is 1.79. The van der Waals surface area contributed by atoms with Crippen molar-refractivity contribution in [3.8, 4) is 11.5 Å². The maximum Gasteiger partial charge on any atom is 0.163 e. The topological polar surface area (TPSA) is 87.2 Å². The molecule has 3 rings (SSSR count). The van der Waals surface area contributed by atoms with Crippen LogP contribution in [0.2, 0.25) is 0 Å². The van der Waals surface area contributed by atoms with Gasteiger partial charge in [0.1, 0.15) is 19.5 Å². The van der Waals surface area contributed by atoms with Crippen LogP contribution in [0.4, 0.5) is 11.4 Å². The number of rotatable bonds is 3. The molecule has 2 aromatic rings. The molecule has 1 aromatic carbocycles. The molecule has 0 unspecified atom stereocenters. The van der Waals surface area contributed by atoms with Gasteiger partial charge in [-0.25, -0.2) is 0 Å². The summed E-state index contributed by atoms with van der Waals surface area (Å²) in [6, 6.07) is 3.62. The van der Waals surface area contributed by atoms with E-state index < -0.39 is 0 Å². The lowest BCUT2D eigenvalue weighted by Gasteiger charge is -2.20. The molecule has 2 heterocycles. The second kappa shape index (κ2) is 4.68. The molecule has 0 saturated heterocycles. The van der Waals surface area contributed by atoms with E-state index in [0.717, 1.165) is 11.5 Å². The molecule has 0 atom stereocenters. The number of fused-ring (bicyclic) bond motifs is 1. The molecular formula is C12H15N5O2. The fourth-order valence-electron chi connectivity index (χ4n) is 1.90. The van der Waals surface area contributed by atoms with Crippen molar-refractivity contribution in [3.63, 3.8) is 0 Å². The van der Waals surface area contributed by atoms with Gasteiger partial charge in [-0.3, -0.25) is 0 Å². The van der Waals surface area contributed by atoms with Gasteiger partial charge in [0.25, 0.3) is 0 Å². The van der Waals surface area contributed by atoms with Crippen LogP contribution < -0.4 is 20.5 Å². The van der Waals surface area contributed by atoms with Crippen LogP contribution in [0.25, 0.3) is 0 Å². The van der Waals surface area contributed by atoms with Gasteiger partial charge in [0.15, 0.2) is 17.3 Å². The van der Waals surface area contributed by atoms with Gasteiger partial charge >= 0.3 is 0 Å². The van der Waals surface area contributed by atoms with Crippen LogP contribution in [0.15, 0.2) is 18.5 Å². The fraction of sp³-hybridized carbons (Fsp3) is 0.333. The lowest BCUT2D eigenvalue weighted by atomic mass is 10.2. The summed E-state index contributed by atoms with van der Waals surface area (Å²) in [5.41, 5.74) is 7.40. The van der Waals surface area contributed by atoms with E-state index in [2.05, 4.69) is 15.5 Å². The maximum atomic E-state index is 5.98. The number of benzene rings is 1. The summed E-state index contributed by atoms with van der Waals surface area (Å²) in [5.74, 6) is 2.23. The maximum absolute atomic E-state index is 5.98. The zero-order valence-electron chi connectivity index (χ0n) is 10.6.